The van der Waals surface area contributed by atoms with Crippen LogP contribution in [0.25, 0.3) is 22.0 Å². The van der Waals surface area contributed by atoms with Crippen molar-refractivity contribution in [2.24, 2.45) is 0 Å². The molecule has 1 nitrogen and oxygen atoms in total. The third-order valence-electron chi connectivity index (χ3n) is 4.47. The number of hydrogen-bond donors (Lipinski definition) is 0. The zero-order valence-corrected chi connectivity index (χ0v) is 15.3. The van der Waals surface area contributed by atoms with E-state index in [9.17, 15) is 22.0 Å². The molecule has 0 aliphatic carbocycles. The molecule has 0 amide bonds. The summed E-state index contributed by atoms with van der Waals surface area (Å²) in [5.74, 6) is 4.25. The number of nitrogens with zero attached hydrogens (tertiary/aromatic N) is 1. The topological polar surface area (TPSA) is 12.9 Å². The molecular weight excluding hydrogens is 397 g/mol. The molecule has 3 aromatic carbocycles. The Hall–Kier alpha value is -3.72. The Balaban J connectivity index is 2.06. The first kappa shape index (κ1) is 19.6. The van der Waals surface area contributed by atoms with E-state index in [0.29, 0.717) is 16.5 Å². The van der Waals surface area contributed by atoms with E-state index in [0.717, 1.165) is 0 Å². The molecule has 148 valence electrons. The summed E-state index contributed by atoms with van der Waals surface area (Å²) in [7, 11) is 0. The van der Waals surface area contributed by atoms with Crippen molar-refractivity contribution in [2.45, 2.75) is 6.18 Å². The molecule has 0 saturated carbocycles. The van der Waals surface area contributed by atoms with Gasteiger partial charge in [-0.25, -0.2) is 13.8 Å². The van der Waals surface area contributed by atoms with Gasteiger partial charge in [-0.15, -0.1) is 0 Å². The average Bonchev–Trinajstić information content (AvgIpc) is 2.72. The molecule has 0 saturated heterocycles. The maximum Gasteiger partial charge on any atom is 0.434 e. The van der Waals surface area contributed by atoms with Crippen molar-refractivity contribution in [3.63, 3.8) is 0 Å². The molecule has 4 rings (SSSR count). The van der Waals surface area contributed by atoms with Crippen LogP contribution in [0.3, 0.4) is 0 Å². The van der Waals surface area contributed by atoms with Crippen molar-refractivity contribution in [3.8, 4) is 23.0 Å². The molecule has 0 N–H and O–H groups in total. The van der Waals surface area contributed by atoms with Gasteiger partial charge in [0.15, 0.2) is 5.69 Å². The summed E-state index contributed by atoms with van der Waals surface area (Å²) in [5, 5.41) is 0.459. The number of para-hydroxylation sites is 1. The van der Waals surface area contributed by atoms with Crippen LogP contribution in [0.5, 0.6) is 0 Å². The van der Waals surface area contributed by atoms with Crippen molar-refractivity contribution >= 4 is 10.9 Å². The van der Waals surface area contributed by atoms with E-state index >= 15 is 0 Å². The van der Waals surface area contributed by atoms with Gasteiger partial charge in [-0.3, -0.25) is 0 Å². The van der Waals surface area contributed by atoms with Crippen LogP contribution in [-0.4, -0.2) is 4.98 Å². The van der Waals surface area contributed by atoms with Gasteiger partial charge in [0.1, 0.15) is 11.6 Å². The van der Waals surface area contributed by atoms with Crippen LogP contribution in [-0.2, 0) is 6.18 Å². The Morgan fingerprint density at radius 3 is 1.93 bits per heavy atom. The van der Waals surface area contributed by atoms with Gasteiger partial charge in [0.25, 0.3) is 0 Å². The minimum Gasteiger partial charge on any atom is -0.242 e. The fraction of sp³-hybridized carbons (Fsp3) is 0.0417. The van der Waals surface area contributed by atoms with Crippen molar-refractivity contribution in [1.82, 2.24) is 4.98 Å². The highest BCUT2D eigenvalue weighted by atomic mass is 19.4. The largest absolute Gasteiger partial charge is 0.434 e. The molecule has 0 fully saturated rings. The van der Waals surface area contributed by atoms with E-state index in [2.05, 4.69) is 16.8 Å². The lowest BCUT2D eigenvalue weighted by molar-refractivity contribution is -0.141. The number of benzene rings is 3. The summed E-state index contributed by atoms with van der Waals surface area (Å²) in [4.78, 5) is 3.81. The summed E-state index contributed by atoms with van der Waals surface area (Å²) in [6.45, 7) is 0. The summed E-state index contributed by atoms with van der Waals surface area (Å²) >= 11 is 0. The van der Waals surface area contributed by atoms with E-state index in [1.165, 1.54) is 54.6 Å². The van der Waals surface area contributed by atoms with Gasteiger partial charge >= 0.3 is 6.18 Å². The first-order valence-electron chi connectivity index (χ1n) is 8.86. The highest BCUT2D eigenvalue weighted by Crippen LogP contribution is 2.39. The number of halogens is 5. The van der Waals surface area contributed by atoms with E-state index in [-0.39, 0.29) is 16.6 Å². The lowest BCUT2D eigenvalue weighted by atomic mass is 9.94. The van der Waals surface area contributed by atoms with Crippen LogP contribution < -0.4 is 0 Å². The Kier molecular flexibility index (Phi) is 4.96. The highest BCUT2D eigenvalue weighted by molar-refractivity contribution is 5.98. The number of hydrogen-bond acceptors (Lipinski definition) is 1. The van der Waals surface area contributed by atoms with Crippen LogP contribution in [0.15, 0.2) is 72.8 Å². The number of fused-ring (bicyclic) bond motifs is 1. The second kappa shape index (κ2) is 7.60. The molecule has 1 aromatic heterocycles. The summed E-state index contributed by atoms with van der Waals surface area (Å²) < 4.78 is 68.2. The first-order valence-corrected chi connectivity index (χ1v) is 8.86. The molecule has 6 heteroatoms. The number of pyridine rings is 1. The van der Waals surface area contributed by atoms with E-state index in [1.54, 1.807) is 18.2 Å². The second-order valence-corrected chi connectivity index (χ2v) is 6.49. The highest BCUT2D eigenvalue weighted by Gasteiger charge is 2.37. The second-order valence-electron chi connectivity index (χ2n) is 6.49. The number of aromatic nitrogens is 1. The van der Waals surface area contributed by atoms with Gasteiger partial charge in [0, 0.05) is 16.5 Å². The van der Waals surface area contributed by atoms with E-state index < -0.39 is 23.5 Å². The standard InChI is InChI=1S/C24H12F5N/c25-17-10-5-15(6-11-17)7-14-20-22(16-8-12-18(26)13-9-16)19-3-1-2-4-21(19)30-23(20)24(27,28)29/h1-6,8-13H. The van der Waals surface area contributed by atoms with Crippen molar-refractivity contribution in [1.29, 1.82) is 0 Å². The van der Waals surface area contributed by atoms with Gasteiger partial charge in [0.2, 0.25) is 0 Å². The Morgan fingerprint density at radius 1 is 0.700 bits per heavy atom. The summed E-state index contributed by atoms with van der Waals surface area (Å²) in [6.07, 6.45) is -4.76. The molecular formula is C24H12F5N. The number of rotatable bonds is 1. The third kappa shape index (κ3) is 3.87. The number of alkyl halides is 3. The predicted molar refractivity (Wildman–Crippen MR) is 105 cm³/mol. The minimum absolute atomic E-state index is 0.150. The molecule has 0 aliphatic heterocycles. The van der Waals surface area contributed by atoms with E-state index in [1.807, 2.05) is 0 Å². The normalized spacial score (nSPS) is 11.2. The first-order chi connectivity index (χ1) is 14.3. The van der Waals surface area contributed by atoms with Gasteiger partial charge < -0.3 is 0 Å². The molecule has 0 unspecified atom stereocenters. The molecule has 0 bridgehead atoms. The van der Waals surface area contributed by atoms with Crippen LogP contribution >= 0.6 is 0 Å². The van der Waals surface area contributed by atoms with Crippen LogP contribution in [0.1, 0.15) is 16.8 Å². The predicted octanol–water partition coefficient (Wildman–Crippen LogP) is 6.60. The van der Waals surface area contributed by atoms with Gasteiger partial charge in [-0.1, -0.05) is 42.2 Å². The van der Waals surface area contributed by atoms with Gasteiger partial charge in [-0.05, 0) is 48.0 Å². The van der Waals surface area contributed by atoms with Gasteiger partial charge in [-0.2, -0.15) is 13.2 Å². The average molecular weight is 409 g/mol. The molecule has 0 spiro atoms. The minimum atomic E-state index is -4.76. The van der Waals surface area contributed by atoms with E-state index in [4.69, 9.17) is 0 Å². The van der Waals surface area contributed by atoms with Crippen molar-refractivity contribution in [2.75, 3.05) is 0 Å². The van der Waals surface area contributed by atoms with Crippen LogP contribution in [0, 0.1) is 23.5 Å². The fourth-order valence-corrected chi connectivity index (χ4v) is 3.12. The molecule has 0 radical (unpaired) electrons. The third-order valence-corrected chi connectivity index (χ3v) is 4.47. The summed E-state index contributed by atoms with van der Waals surface area (Å²) in [5.41, 5.74) is -0.363. The lowest BCUT2D eigenvalue weighted by Crippen LogP contribution is -2.12. The molecule has 1 heterocycles. The molecule has 4 aromatic rings. The van der Waals surface area contributed by atoms with Gasteiger partial charge in [0.05, 0.1) is 11.1 Å². The zero-order chi connectivity index (χ0) is 21.3. The lowest BCUT2D eigenvalue weighted by Gasteiger charge is -2.16. The van der Waals surface area contributed by atoms with Crippen molar-refractivity contribution in [3.05, 3.63) is 101 Å². The smallest absolute Gasteiger partial charge is 0.242 e. The Morgan fingerprint density at radius 2 is 1.30 bits per heavy atom. The van der Waals surface area contributed by atoms with Crippen LogP contribution in [0.4, 0.5) is 22.0 Å². The quantitative estimate of drug-likeness (QED) is 0.255. The molecule has 0 aliphatic rings. The van der Waals surface area contributed by atoms with Crippen molar-refractivity contribution < 1.29 is 22.0 Å². The molecule has 0 atom stereocenters. The Labute approximate surface area is 168 Å². The fourth-order valence-electron chi connectivity index (χ4n) is 3.12. The summed E-state index contributed by atoms with van der Waals surface area (Å²) in [6, 6.07) is 16.7. The Bertz CT molecular complexity index is 1280. The zero-order valence-electron chi connectivity index (χ0n) is 15.3. The molecule has 30 heavy (non-hydrogen) atoms. The maximum atomic E-state index is 13.9. The monoisotopic (exact) mass is 409 g/mol. The maximum absolute atomic E-state index is 13.9. The van der Waals surface area contributed by atoms with Crippen LogP contribution in [0.2, 0.25) is 0 Å². The SMILES string of the molecule is Fc1ccc(C#Cc2c(C(F)(F)F)nc3ccccc3c2-c2ccc(F)cc2)cc1.